The zero-order valence-electron chi connectivity index (χ0n) is 7.29. The van der Waals surface area contributed by atoms with Crippen LogP contribution in [-0.4, -0.2) is 24.5 Å². The second-order valence-electron chi connectivity index (χ2n) is 2.93. The van der Waals surface area contributed by atoms with Gasteiger partial charge in [0.25, 0.3) is 0 Å². The first-order valence-electron chi connectivity index (χ1n) is 4.09. The molecular formula is C8H13NO3. The maximum absolute atomic E-state index is 10.9. The van der Waals surface area contributed by atoms with Gasteiger partial charge in [-0.25, -0.2) is 0 Å². The molecule has 0 aromatic rings. The first kappa shape index (κ1) is 9.03. The van der Waals surface area contributed by atoms with E-state index in [9.17, 15) is 9.59 Å². The average Bonchev–Trinajstić information content (AvgIpc) is 1.97. The number of carbonyl (C=O) groups is 2. The van der Waals surface area contributed by atoms with E-state index >= 15 is 0 Å². The molecule has 12 heavy (non-hydrogen) atoms. The van der Waals surface area contributed by atoms with Gasteiger partial charge in [-0.15, -0.1) is 0 Å². The smallest absolute Gasteiger partial charge is 0.302 e. The van der Waals surface area contributed by atoms with Gasteiger partial charge in [0, 0.05) is 6.92 Å². The number of amides is 1. The Morgan fingerprint density at radius 3 is 2.75 bits per heavy atom. The number of esters is 1. The summed E-state index contributed by atoms with van der Waals surface area (Å²) >= 11 is 0. The number of ether oxygens (including phenoxy) is 1. The highest BCUT2D eigenvalue weighted by atomic mass is 16.5. The van der Waals surface area contributed by atoms with Gasteiger partial charge in [0.15, 0.2) is 0 Å². The van der Waals surface area contributed by atoms with Crippen LogP contribution in [0.25, 0.3) is 0 Å². The molecule has 68 valence electrons. The van der Waals surface area contributed by atoms with Crippen molar-refractivity contribution in [3.05, 3.63) is 0 Å². The van der Waals surface area contributed by atoms with Crippen LogP contribution in [0.1, 0.15) is 20.3 Å². The third-order valence-corrected chi connectivity index (χ3v) is 2.06. The number of nitrogens with one attached hydrogen (secondary N) is 1. The van der Waals surface area contributed by atoms with E-state index in [0.29, 0.717) is 6.61 Å². The maximum atomic E-state index is 10.9. The van der Waals surface area contributed by atoms with Gasteiger partial charge in [-0.2, -0.15) is 0 Å². The zero-order chi connectivity index (χ0) is 9.14. The van der Waals surface area contributed by atoms with Crippen LogP contribution in [0.5, 0.6) is 0 Å². The quantitative estimate of drug-likeness (QED) is 0.483. The molecule has 0 bridgehead atoms. The molecule has 1 aliphatic rings. The number of rotatable bonds is 3. The van der Waals surface area contributed by atoms with Crippen LogP contribution < -0.4 is 5.32 Å². The second-order valence-corrected chi connectivity index (χ2v) is 2.93. The van der Waals surface area contributed by atoms with Crippen LogP contribution in [0, 0.1) is 5.92 Å². The molecule has 2 unspecified atom stereocenters. The van der Waals surface area contributed by atoms with Crippen molar-refractivity contribution in [2.45, 2.75) is 26.3 Å². The molecule has 0 spiro atoms. The number of hydrogen-bond acceptors (Lipinski definition) is 3. The predicted molar refractivity (Wildman–Crippen MR) is 42.3 cm³/mol. The van der Waals surface area contributed by atoms with E-state index in [1.807, 2.05) is 6.92 Å². The van der Waals surface area contributed by atoms with Crippen LogP contribution in [0.2, 0.25) is 0 Å². The molecule has 2 atom stereocenters. The summed E-state index contributed by atoms with van der Waals surface area (Å²) in [6.45, 7) is 3.62. The van der Waals surface area contributed by atoms with Crippen LogP contribution in [0.15, 0.2) is 0 Å². The predicted octanol–water partition coefficient (Wildman–Crippen LogP) is 0.0741. The third-order valence-electron chi connectivity index (χ3n) is 2.06. The minimum atomic E-state index is -0.300. The Balaban J connectivity index is 2.26. The molecule has 1 aliphatic heterocycles. The van der Waals surface area contributed by atoms with Gasteiger partial charge in [-0.1, -0.05) is 6.92 Å². The van der Waals surface area contributed by atoms with Gasteiger partial charge >= 0.3 is 5.97 Å². The molecular weight excluding hydrogens is 158 g/mol. The SMILES string of the molecule is CCC1C(=O)NC1COC(C)=O. The van der Waals surface area contributed by atoms with Crippen molar-refractivity contribution < 1.29 is 14.3 Å². The highest BCUT2D eigenvalue weighted by Gasteiger charge is 2.38. The first-order valence-corrected chi connectivity index (χ1v) is 4.09. The number of carbonyl (C=O) groups excluding carboxylic acids is 2. The monoisotopic (exact) mass is 171 g/mol. The summed E-state index contributed by atoms with van der Waals surface area (Å²) in [4.78, 5) is 21.3. The molecule has 0 aromatic carbocycles. The van der Waals surface area contributed by atoms with E-state index in [4.69, 9.17) is 4.74 Å². The summed E-state index contributed by atoms with van der Waals surface area (Å²) in [5.74, 6) is -0.204. The van der Waals surface area contributed by atoms with Gasteiger partial charge in [0.1, 0.15) is 6.61 Å². The topological polar surface area (TPSA) is 55.4 Å². The van der Waals surface area contributed by atoms with Crippen molar-refractivity contribution >= 4 is 11.9 Å². The molecule has 0 radical (unpaired) electrons. The Hall–Kier alpha value is -1.06. The van der Waals surface area contributed by atoms with Crippen LogP contribution in [0.4, 0.5) is 0 Å². The lowest BCUT2D eigenvalue weighted by molar-refractivity contribution is -0.148. The maximum Gasteiger partial charge on any atom is 0.302 e. The van der Waals surface area contributed by atoms with E-state index in [1.165, 1.54) is 6.92 Å². The lowest BCUT2D eigenvalue weighted by Crippen LogP contribution is -2.60. The molecule has 1 amide bonds. The normalized spacial score (nSPS) is 27.3. The molecule has 0 aromatic heterocycles. The van der Waals surface area contributed by atoms with E-state index < -0.39 is 0 Å². The lowest BCUT2D eigenvalue weighted by Gasteiger charge is -2.35. The zero-order valence-corrected chi connectivity index (χ0v) is 7.29. The van der Waals surface area contributed by atoms with Crippen molar-refractivity contribution in [2.24, 2.45) is 5.92 Å². The minimum absolute atomic E-state index is 0.0318. The van der Waals surface area contributed by atoms with Crippen molar-refractivity contribution in [1.82, 2.24) is 5.32 Å². The van der Waals surface area contributed by atoms with E-state index in [2.05, 4.69) is 5.32 Å². The van der Waals surface area contributed by atoms with Crippen LogP contribution in [-0.2, 0) is 14.3 Å². The highest BCUT2D eigenvalue weighted by molar-refractivity contribution is 5.85. The van der Waals surface area contributed by atoms with Crippen molar-refractivity contribution in [2.75, 3.05) is 6.61 Å². The average molecular weight is 171 g/mol. The fourth-order valence-corrected chi connectivity index (χ4v) is 1.31. The molecule has 1 rings (SSSR count). The van der Waals surface area contributed by atoms with Gasteiger partial charge < -0.3 is 10.1 Å². The van der Waals surface area contributed by atoms with Gasteiger partial charge in [-0.05, 0) is 6.42 Å². The Bertz CT molecular complexity index is 202. The standard InChI is InChI=1S/C8H13NO3/c1-3-6-7(9-8(6)11)4-12-5(2)10/h6-7H,3-4H2,1-2H3,(H,9,11). The lowest BCUT2D eigenvalue weighted by atomic mass is 9.89. The fourth-order valence-electron chi connectivity index (χ4n) is 1.31. The Morgan fingerprint density at radius 1 is 1.67 bits per heavy atom. The van der Waals surface area contributed by atoms with Crippen LogP contribution in [0.3, 0.4) is 0 Å². The van der Waals surface area contributed by atoms with Gasteiger partial charge in [0.05, 0.1) is 12.0 Å². The molecule has 0 saturated carbocycles. The van der Waals surface area contributed by atoms with Crippen LogP contribution >= 0.6 is 0 Å². The van der Waals surface area contributed by atoms with Crippen molar-refractivity contribution in [1.29, 1.82) is 0 Å². The second kappa shape index (κ2) is 3.56. The van der Waals surface area contributed by atoms with Gasteiger partial charge in [0.2, 0.25) is 5.91 Å². The van der Waals surface area contributed by atoms with E-state index in [0.717, 1.165) is 6.42 Å². The number of hydrogen-bond donors (Lipinski definition) is 1. The molecule has 0 aliphatic carbocycles. The van der Waals surface area contributed by atoms with Crippen molar-refractivity contribution in [3.8, 4) is 0 Å². The molecule has 1 fully saturated rings. The molecule has 1 heterocycles. The summed E-state index contributed by atoms with van der Waals surface area (Å²) < 4.78 is 4.77. The largest absolute Gasteiger partial charge is 0.464 e. The fraction of sp³-hybridized carbons (Fsp3) is 0.750. The van der Waals surface area contributed by atoms with E-state index in [-0.39, 0.29) is 23.8 Å². The minimum Gasteiger partial charge on any atom is -0.464 e. The Morgan fingerprint density at radius 2 is 2.33 bits per heavy atom. The first-order chi connectivity index (χ1) is 5.65. The summed E-state index contributed by atoms with van der Waals surface area (Å²) in [6.07, 6.45) is 0.803. The molecule has 1 saturated heterocycles. The number of β-lactam (4-membered cyclic amide) rings is 1. The van der Waals surface area contributed by atoms with E-state index in [1.54, 1.807) is 0 Å². The molecule has 1 N–H and O–H groups in total. The summed E-state index contributed by atoms with van der Waals surface area (Å²) in [5, 5.41) is 2.68. The third kappa shape index (κ3) is 1.75. The van der Waals surface area contributed by atoms with Gasteiger partial charge in [-0.3, -0.25) is 9.59 Å². The highest BCUT2D eigenvalue weighted by Crippen LogP contribution is 2.18. The summed E-state index contributed by atoms with van der Waals surface area (Å²) in [6, 6.07) is 0.0337. The molecule has 4 heteroatoms. The Kier molecular flexibility index (Phi) is 2.68. The molecule has 4 nitrogen and oxygen atoms in total. The summed E-state index contributed by atoms with van der Waals surface area (Å²) in [5.41, 5.74) is 0. The summed E-state index contributed by atoms with van der Waals surface area (Å²) in [7, 11) is 0. The Labute approximate surface area is 71.3 Å². The van der Waals surface area contributed by atoms with Crippen molar-refractivity contribution in [3.63, 3.8) is 0 Å².